The summed E-state index contributed by atoms with van der Waals surface area (Å²) in [6.07, 6.45) is 3.69. The number of nitrogens with zero attached hydrogens (tertiary/aromatic N) is 1. The largest absolute Gasteiger partial charge is 0.508 e. The average Bonchev–Trinajstić information content (AvgIpc) is 3.07. The van der Waals surface area contributed by atoms with Gasteiger partial charge in [0, 0.05) is 26.1 Å². The third-order valence-electron chi connectivity index (χ3n) is 5.16. The van der Waals surface area contributed by atoms with E-state index in [1.165, 1.54) is 0 Å². The lowest BCUT2D eigenvalue weighted by Gasteiger charge is -2.29. The summed E-state index contributed by atoms with van der Waals surface area (Å²) in [5.74, 6) is 0.851. The molecule has 1 N–H and O–H groups in total. The average molecular weight is 333 g/mol. The zero-order valence-electron chi connectivity index (χ0n) is 14.4. The number of phenols is 1. The number of phenolic OH excluding ortho intramolecular Hbond substituents is 1. The van der Waals surface area contributed by atoms with Crippen LogP contribution in [0.25, 0.3) is 0 Å². The summed E-state index contributed by atoms with van der Waals surface area (Å²) in [5, 5.41) is 10.1. The molecule has 1 fully saturated rings. The van der Waals surface area contributed by atoms with Crippen LogP contribution in [0.4, 0.5) is 0 Å². The second-order valence-corrected chi connectivity index (χ2v) is 6.80. The summed E-state index contributed by atoms with van der Waals surface area (Å²) in [5.41, 5.74) is 1.98. The number of carbonyl (C=O) groups is 1. The van der Waals surface area contributed by atoms with E-state index < -0.39 is 0 Å². The second kappa shape index (κ2) is 7.99. The Kier molecular flexibility index (Phi) is 5.74. The monoisotopic (exact) mass is 333 g/mol. The molecule has 1 aromatic rings. The van der Waals surface area contributed by atoms with E-state index in [-0.39, 0.29) is 11.8 Å². The van der Waals surface area contributed by atoms with Gasteiger partial charge in [0.05, 0.1) is 25.7 Å². The van der Waals surface area contributed by atoms with Gasteiger partial charge >= 0.3 is 0 Å². The van der Waals surface area contributed by atoms with E-state index in [0.29, 0.717) is 31.5 Å². The summed E-state index contributed by atoms with van der Waals surface area (Å²) in [6, 6.07) is 5.56. The number of likely N-dealkylation sites (tertiary alicyclic amines) is 1. The van der Waals surface area contributed by atoms with Gasteiger partial charge in [-0.15, -0.1) is 0 Å². The molecule has 1 heterocycles. The highest BCUT2D eigenvalue weighted by molar-refractivity contribution is 5.85. The van der Waals surface area contributed by atoms with Crippen LogP contribution in [-0.4, -0.2) is 55.9 Å². The van der Waals surface area contributed by atoms with Gasteiger partial charge in [-0.25, -0.2) is 0 Å². The number of hydrogen-bond donors (Lipinski definition) is 1. The van der Waals surface area contributed by atoms with Crippen LogP contribution in [0.3, 0.4) is 0 Å². The van der Waals surface area contributed by atoms with Gasteiger partial charge in [-0.05, 0) is 42.9 Å². The molecule has 1 aromatic carbocycles. The smallest absolute Gasteiger partial charge is 0.230 e. The lowest BCUT2D eigenvalue weighted by atomic mass is 9.81. The molecule has 5 nitrogen and oxygen atoms in total. The molecule has 1 aliphatic heterocycles. The number of rotatable bonds is 6. The van der Waals surface area contributed by atoms with Gasteiger partial charge < -0.3 is 19.5 Å². The Morgan fingerprint density at radius 3 is 3.04 bits per heavy atom. The van der Waals surface area contributed by atoms with Crippen LogP contribution in [-0.2, 0) is 20.7 Å². The van der Waals surface area contributed by atoms with Gasteiger partial charge in [0.2, 0.25) is 5.91 Å². The van der Waals surface area contributed by atoms with Crippen molar-refractivity contribution < 1.29 is 19.4 Å². The molecular formula is C19H27NO4. The van der Waals surface area contributed by atoms with Gasteiger partial charge in [-0.1, -0.05) is 12.1 Å². The van der Waals surface area contributed by atoms with Crippen LogP contribution < -0.4 is 0 Å². The number of methoxy groups -OCH3 is 1. The molecule has 3 rings (SSSR count). The maximum atomic E-state index is 13.0. The van der Waals surface area contributed by atoms with Crippen LogP contribution in [0.15, 0.2) is 18.2 Å². The summed E-state index contributed by atoms with van der Waals surface area (Å²) in [6.45, 7) is 3.49. The van der Waals surface area contributed by atoms with Crippen molar-refractivity contribution in [3.05, 3.63) is 29.3 Å². The van der Waals surface area contributed by atoms with Crippen LogP contribution in [0, 0.1) is 5.92 Å². The molecule has 2 atom stereocenters. The maximum absolute atomic E-state index is 13.0. The van der Waals surface area contributed by atoms with Crippen molar-refractivity contribution in [2.75, 3.05) is 40.0 Å². The minimum atomic E-state index is -0.103. The lowest BCUT2D eigenvalue weighted by Crippen LogP contribution is -2.35. The zero-order valence-corrected chi connectivity index (χ0v) is 14.4. The number of aromatic hydroxyl groups is 1. The van der Waals surface area contributed by atoms with Crippen molar-refractivity contribution in [1.29, 1.82) is 0 Å². The first-order valence-electron chi connectivity index (χ1n) is 8.87. The van der Waals surface area contributed by atoms with Gasteiger partial charge in [0.25, 0.3) is 0 Å². The van der Waals surface area contributed by atoms with Crippen molar-refractivity contribution >= 4 is 5.91 Å². The van der Waals surface area contributed by atoms with E-state index >= 15 is 0 Å². The topological polar surface area (TPSA) is 59.0 Å². The van der Waals surface area contributed by atoms with E-state index in [2.05, 4.69) is 0 Å². The van der Waals surface area contributed by atoms with Crippen LogP contribution in [0.1, 0.15) is 36.3 Å². The number of amides is 1. The Labute approximate surface area is 143 Å². The van der Waals surface area contributed by atoms with E-state index in [1.54, 1.807) is 13.2 Å². The number of fused-ring (bicyclic) bond motifs is 1. The van der Waals surface area contributed by atoms with E-state index in [4.69, 9.17) is 9.47 Å². The number of carbonyl (C=O) groups excluding carboxylic acids is 1. The van der Waals surface area contributed by atoms with Crippen molar-refractivity contribution in [2.24, 2.45) is 5.92 Å². The number of hydrogen-bond acceptors (Lipinski definition) is 4. The molecule has 132 valence electrons. The standard InChI is InChI=1S/C19H27NO4/c1-23-10-11-24-13-14-8-9-20(12-14)19(22)17-6-2-5-16-15(17)4-3-7-18(16)21/h3-4,7,14,17,21H,2,5-6,8-13H2,1H3. The number of ether oxygens (including phenoxy) is 2. The van der Waals surface area contributed by atoms with E-state index in [9.17, 15) is 9.90 Å². The van der Waals surface area contributed by atoms with E-state index in [0.717, 1.165) is 49.9 Å². The minimum Gasteiger partial charge on any atom is -0.508 e. The van der Waals surface area contributed by atoms with Crippen molar-refractivity contribution in [2.45, 2.75) is 31.6 Å². The second-order valence-electron chi connectivity index (χ2n) is 6.80. The van der Waals surface area contributed by atoms with Crippen LogP contribution >= 0.6 is 0 Å². The van der Waals surface area contributed by atoms with Crippen LogP contribution in [0.5, 0.6) is 5.75 Å². The molecule has 2 unspecified atom stereocenters. The van der Waals surface area contributed by atoms with Gasteiger partial charge in [0.1, 0.15) is 5.75 Å². The molecule has 0 aromatic heterocycles. The maximum Gasteiger partial charge on any atom is 0.230 e. The summed E-state index contributed by atoms with van der Waals surface area (Å²) >= 11 is 0. The molecule has 1 amide bonds. The molecule has 24 heavy (non-hydrogen) atoms. The fraction of sp³-hybridized carbons (Fsp3) is 0.632. The van der Waals surface area contributed by atoms with Gasteiger partial charge in [-0.2, -0.15) is 0 Å². The molecule has 1 aliphatic carbocycles. The fourth-order valence-corrected chi connectivity index (χ4v) is 3.87. The predicted molar refractivity (Wildman–Crippen MR) is 91.2 cm³/mol. The molecule has 0 saturated carbocycles. The highest BCUT2D eigenvalue weighted by atomic mass is 16.5. The van der Waals surface area contributed by atoms with Gasteiger partial charge in [0.15, 0.2) is 0 Å². The Morgan fingerprint density at radius 2 is 2.21 bits per heavy atom. The fourth-order valence-electron chi connectivity index (χ4n) is 3.87. The molecule has 2 aliphatic rings. The van der Waals surface area contributed by atoms with E-state index in [1.807, 2.05) is 17.0 Å². The molecular weight excluding hydrogens is 306 g/mol. The van der Waals surface area contributed by atoms with Crippen molar-refractivity contribution in [3.8, 4) is 5.75 Å². The SMILES string of the molecule is COCCOCC1CCN(C(=O)C2CCCc3c(O)cccc32)C1. The molecule has 0 bridgehead atoms. The number of benzene rings is 1. The molecule has 1 saturated heterocycles. The Balaban J connectivity index is 1.59. The third kappa shape index (κ3) is 3.73. The highest BCUT2D eigenvalue weighted by Gasteiger charge is 2.34. The molecule has 5 heteroatoms. The molecule has 0 spiro atoms. The van der Waals surface area contributed by atoms with Gasteiger partial charge in [-0.3, -0.25) is 4.79 Å². The zero-order chi connectivity index (χ0) is 16.9. The Morgan fingerprint density at radius 1 is 1.33 bits per heavy atom. The van der Waals surface area contributed by atoms with Crippen molar-refractivity contribution in [1.82, 2.24) is 4.90 Å². The first-order chi connectivity index (χ1) is 11.7. The first kappa shape index (κ1) is 17.2. The first-order valence-corrected chi connectivity index (χ1v) is 8.87. The Bertz CT molecular complexity index is 574. The summed E-state index contributed by atoms with van der Waals surface area (Å²) < 4.78 is 10.6. The van der Waals surface area contributed by atoms with Crippen LogP contribution in [0.2, 0.25) is 0 Å². The predicted octanol–water partition coefficient (Wildman–Crippen LogP) is 2.32. The lowest BCUT2D eigenvalue weighted by molar-refractivity contribution is -0.132. The highest BCUT2D eigenvalue weighted by Crippen LogP contribution is 2.37. The summed E-state index contributed by atoms with van der Waals surface area (Å²) in [4.78, 5) is 15.0. The third-order valence-corrected chi connectivity index (χ3v) is 5.16. The summed E-state index contributed by atoms with van der Waals surface area (Å²) in [7, 11) is 1.67. The molecule has 0 radical (unpaired) electrons. The minimum absolute atomic E-state index is 0.103. The quantitative estimate of drug-likeness (QED) is 0.812. The van der Waals surface area contributed by atoms with Crippen molar-refractivity contribution in [3.63, 3.8) is 0 Å². The Hall–Kier alpha value is -1.59. The normalized spacial score (nSPS) is 23.3.